The zero-order valence-corrected chi connectivity index (χ0v) is 16.3. The molecule has 0 spiro atoms. The van der Waals surface area contributed by atoms with Crippen molar-refractivity contribution < 1.29 is 23.1 Å². The molecule has 29 heavy (non-hydrogen) atoms. The Morgan fingerprint density at radius 1 is 1.17 bits per heavy atom. The highest BCUT2D eigenvalue weighted by molar-refractivity contribution is 5.94. The quantitative estimate of drug-likeness (QED) is 0.804. The number of piperidine rings is 1. The van der Waals surface area contributed by atoms with E-state index in [-0.39, 0.29) is 36.9 Å². The van der Waals surface area contributed by atoms with Crippen LogP contribution < -0.4 is 10.5 Å². The summed E-state index contributed by atoms with van der Waals surface area (Å²) in [7, 11) is 0. The van der Waals surface area contributed by atoms with E-state index >= 15 is 0 Å². The molecule has 0 aromatic heterocycles. The van der Waals surface area contributed by atoms with E-state index in [9.17, 15) is 18.4 Å². The molecule has 154 valence electrons. The first-order valence-corrected chi connectivity index (χ1v) is 9.50. The molecule has 1 saturated heterocycles. The van der Waals surface area contributed by atoms with E-state index in [1.165, 1.54) is 30.3 Å². The van der Waals surface area contributed by atoms with Crippen LogP contribution in [0.2, 0.25) is 0 Å². The molecular weight excluding hydrogens is 378 g/mol. The zero-order valence-electron chi connectivity index (χ0n) is 16.3. The fourth-order valence-electron chi connectivity index (χ4n) is 3.74. The van der Waals surface area contributed by atoms with Gasteiger partial charge in [0.15, 0.2) is 0 Å². The van der Waals surface area contributed by atoms with Gasteiger partial charge in [-0.25, -0.2) is 8.78 Å². The van der Waals surface area contributed by atoms with E-state index in [2.05, 4.69) is 0 Å². The molecule has 1 aliphatic heterocycles. The van der Waals surface area contributed by atoms with Crippen LogP contribution in [0.1, 0.15) is 35.2 Å². The molecule has 2 N–H and O–H groups in total. The molecule has 5 nitrogen and oxygen atoms in total. The van der Waals surface area contributed by atoms with Gasteiger partial charge in [-0.05, 0) is 61.7 Å². The van der Waals surface area contributed by atoms with E-state index in [4.69, 9.17) is 10.5 Å². The van der Waals surface area contributed by atoms with Gasteiger partial charge in [-0.15, -0.1) is 0 Å². The van der Waals surface area contributed by atoms with E-state index in [1.807, 2.05) is 0 Å². The van der Waals surface area contributed by atoms with Crippen molar-refractivity contribution in [3.8, 4) is 5.75 Å². The Kier molecular flexibility index (Phi) is 6.15. The third-order valence-corrected chi connectivity index (χ3v) is 5.28. The molecular formula is C22H24F2N2O3. The lowest BCUT2D eigenvalue weighted by atomic mass is 9.77. The number of carbonyl (C=O) groups is 2. The Labute approximate surface area is 168 Å². The lowest BCUT2D eigenvalue weighted by molar-refractivity contribution is -0.122. The smallest absolute Gasteiger partial charge is 0.253 e. The summed E-state index contributed by atoms with van der Waals surface area (Å²) in [6, 6.07) is 10.00. The number of carbonyl (C=O) groups excluding carboxylic acids is 2. The maximum atomic E-state index is 13.9. The minimum Gasteiger partial charge on any atom is -0.493 e. The molecule has 1 aliphatic rings. The van der Waals surface area contributed by atoms with E-state index < -0.39 is 17.1 Å². The number of amides is 2. The van der Waals surface area contributed by atoms with Crippen molar-refractivity contribution in [1.29, 1.82) is 0 Å². The minimum atomic E-state index is -0.655. The van der Waals surface area contributed by atoms with Gasteiger partial charge in [0.1, 0.15) is 17.4 Å². The van der Waals surface area contributed by atoms with Gasteiger partial charge in [0, 0.05) is 30.5 Å². The van der Waals surface area contributed by atoms with Gasteiger partial charge in [0.25, 0.3) is 5.91 Å². The number of hydrogen-bond donors (Lipinski definition) is 1. The average molecular weight is 402 g/mol. The lowest BCUT2D eigenvalue weighted by Gasteiger charge is -2.42. The number of nitrogens with two attached hydrogens (primary N) is 1. The Morgan fingerprint density at radius 3 is 2.55 bits per heavy atom. The number of hydrogen-bond acceptors (Lipinski definition) is 3. The number of primary amides is 1. The Bertz CT molecular complexity index is 901. The van der Waals surface area contributed by atoms with Crippen molar-refractivity contribution in [2.75, 3.05) is 19.7 Å². The normalized spacial score (nSPS) is 19.1. The number of rotatable bonds is 6. The number of aryl methyl sites for hydroxylation is 1. The van der Waals surface area contributed by atoms with Gasteiger partial charge >= 0.3 is 0 Å². The zero-order chi connectivity index (χ0) is 21.0. The molecule has 0 bridgehead atoms. The number of likely N-dealkylation sites (tertiary alicyclic amines) is 1. The number of benzene rings is 2. The Morgan fingerprint density at radius 2 is 1.90 bits per heavy atom. The highest BCUT2D eigenvalue weighted by atomic mass is 19.1. The number of ether oxygens (including phenoxy) is 1. The highest BCUT2D eigenvalue weighted by Crippen LogP contribution is 2.35. The summed E-state index contributed by atoms with van der Waals surface area (Å²) < 4.78 is 32.8. The standard InChI is InChI=1S/C22H24F2N2O3/c1-15-3-4-16(11-19(15)24)21(28)26-10-2-9-22(13-26,12-20(25)27)14-29-18-7-5-17(23)6-8-18/h3-8,11H,2,9-10,12-14H2,1H3,(H2,25,27). The first-order chi connectivity index (χ1) is 13.8. The maximum absolute atomic E-state index is 13.9. The summed E-state index contributed by atoms with van der Waals surface area (Å²) in [5.74, 6) is -1.11. The fourth-order valence-corrected chi connectivity index (χ4v) is 3.74. The molecule has 2 aromatic carbocycles. The van der Waals surface area contributed by atoms with Crippen molar-refractivity contribution in [2.45, 2.75) is 26.2 Å². The first-order valence-electron chi connectivity index (χ1n) is 9.50. The molecule has 7 heteroatoms. The molecule has 3 rings (SSSR count). The van der Waals surface area contributed by atoms with Crippen LogP contribution in [0.5, 0.6) is 5.75 Å². The average Bonchev–Trinajstić information content (AvgIpc) is 2.69. The highest BCUT2D eigenvalue weighted by Gasteiger charge is 2.39. The Hall–Kier alpha value is -2.96. The monoisotopic (exact) mass is 402 g/mol. The van der Waals surface area contributed by atoms with Crippen LogP contribution >= 0.6 is 0 Å². The van der Waals surface area contributed by atoms with Gasteiger partial charge in [0.2, 0.25) is 5.91 Å². The summed E-state index contributed by atoms with van der Waals surface area (Å²) in [6.45, 7) is 2.57. The lowest BCUT2D eigenvalue weighted by Crippen LogP contribution is -2.50. The molecule has 1 atom stereocenters. The van der Waals surface area contributed by atoms with Gasteiger partial charge in [-0.3, -0.25) is 9.59 Å². The number of nitrogens with zero attached hydrogens (tertiary/aromatic N) is 1. The largest absolute Gasteiger partial charge is 0.493 e. The van der Waals surface area contributed by atoms with E-state index in [0.717, 1.165) is 0 Å². The van der Waals surface area contributed by atoms with Crippen molar-refractivity contribution in [3.05, 3.63) is 65.2 Å². The summed E-state index contributed by atoms with van der Waals surface area (Å²) >= 11 is 0. The molecule has 0 radical (unpaired) electrons. The topological polar surface area (TPSA) is 72.6 Å². The van der Waals surface area contributed by atoms with Crippen molar-refractivity contribution in [1.82, 2.24) is 4.90 Å². The predicted octanol–water partition coefficient (Wildman–Crippen LogP) is 3.45. The van der Waals surface area contributed by atoms with Gasteiger partial charge in [-0.2, -0.15) is 0 Å². The summed E-state index contributed by atoms with van der Waals surface area (Å²) in [6.07, 6.45) is 1.38. The molecule has 2 aromatic rings. The predicted molar refractivity (Wildman–Crippen MR) is 104 cm³/mol. The molecule has 2 amide bonds. The van der Waals surface area contributed by atoms with Crippen LogP contribution in [0.15, 0.2) is 42.5 Å². The van der Waals surface area contributed by atoms with Crippen molar-refractivity contribution in [2.24, 2.45) is 11.1 Å². The van der Waals surface area contributed by atoms with Crippen molar-refractivity contribution in [3.63, 3.8) is 0 Å². The molecule has 1 unspecified atom stereocenters. The van der Waals surface area contributed by atoms with Crippen LogP contribution in [0.3, 0.4) is 0 Å². The van der Waals surface area contributed by atoms with Crippen molar-refractivity contribution >= 4 is 11.8 Å². The second kappa shape index (κ2) is 8.59. The summed E-state index contributed by atoms with van der Waals surface area (Å²) in [5.41, 5.74) is 5.55. The van der Waals surface area contributed by atoms with Gasteiger partial charge < -0.3 is 15.4 Å². The third kappa shape index (κ3) is 5.10. The summed E-state index contributed by atoms with van der Waals surface area (Å²) in [4.78, 5) is 26.2. The maximum Gasteiger partial charge on any atom is 0.253 e. The minimum absolute atomic E-state index is 0.0558. The van der Waals surface area contributed by atoms with Gasteiger partial charge in [0.05, 0.1) is 6.61 Å². The molecule has 1 heterocycles. The third-order valence-electron chi connectivity index (χ3n) is 5.28. The van der Waals surface area contributed by atoms with Crippen LogP contribution in [0, 0.1) is 24.0 Å². The molecule has 0 saturated carbocycles. The molecule has 0 aliphatic carbocycles. The first kappa shape index (κ1) is 20.8. The second-order valence-electron chi connectivity index (χ2n) is 7.68. The SMILES string of the molecule is Cc1ccc(C(=O)N2CCCC(COc3ccc(F)cc3)(CC(N)=O)C2)cc1F. The van der Waals surface area contributed by atoms with Crippen LogP contribution in [0.4, 0.5) is 8.78 Å². The van der Waals surface area contributed by atoms with Crippen LogP contribution in [-0.4, -0.2) is 36.4 Å². The fraction of sp³-hybridized carbons (Fsp3) is 0.364. The van der Waals surface area contributed by atoms with Crippen LogP contribution in [-0.2, 0) is 4.79 Å². The second-order valence-corrected chi connectivity index (χ2v) is 7.68. The van der Waals surface area contributed by atoms with Crippen LogP contribution in [0.25, 0.3) is 0 Å². The Balaban J connectivity index is 1.77. The molecule has 1 fully saturated rings. The van der Waals surface area contributed by atoms with E-state index in [1.54, 1.807) is 24.0 Å². The van der Waals surface area contributed by atoms with Gasteiger partial charge in [-0.1, -0.05) is 6.07 Å². The van der Waals surface area contributed by atoms with E-state index in [0.29, 0.717) is 30.7 Å². The summed E-state index contributed by atoms with van der Waals surface area (Å²) in [5, 5.41) is 0. The number of halogens is 2.